The number of benzene rings is 3. The van der Waals surface area contributed by atoms with Crippen molar-refractivity contribution in [2.75, 3.05) is 13.7 Å². The Balaban J connectivity index is 1.53. The lowest BCUT2D eigenvalue weighted by Crippen LogP contribution is -2.54. The second kappa shape index (κ2) is 13.9. The number of carbonyl (C=O) groups is 3. The molecule has 0 aromatic heterocycles. The first-order valence-electron chi connectivity index (χ1n) is 14.4. The zero-order valence-corrected chi connectivity index (χ0v) is 25.9. The van der Waals surface area contributed by atoms with Gasteiger partial charge in [-0.2, -0.15) is 8.78 Å². The highest BCUT2D eigenvalue weighted by Gasteiger charge is 2.50. The van der Waals surface area contributed by atoms with Crippen LogP contribution in [0.3, 0.4) is 0 Å². The molecule has 1 aliphatic carbocycles. The second-order valence-electron chi connectivity index (χ2n) is 11.3. The van der Waals surface area contributed by atoms with E-state index in [1.54, 1.807) is 0 Å². The van der Waals surface area contributed by atoms with E-state index < -0.39 is 48.8 Å². The van der Waals surface area contributed by atoms with Gasteiger partial charge in [-0.3, -0.25) is 14.2 Å². The smallest absolute Gasteiger partial charge is 0.407 e. The zero-order valence-electron chi connectivity index (χ0n) is 25.0. The first-order chi connectivity index (χ1) is 21.2. The van der Waals surface area contributed by atoms with E-state index in [2.05, 4.69) is 16.0 Å². The van der Waals surface area contributed by atoms with Crippen LogP contribution in [0.1, 0.15) is 48.4 Å². The molecule has 3 amide bonds. The fraction of sp³-hybridized carbons (Fsp3) is 0.344. The van der Waals surface area contributed by atoms with Crippen LogP contribution in [0.4, 0.5) is 13.6 Å². The van der Waals surface area contributed by atoms with Crippen LogP contribution in [0.25, 0.3) is 11.1 Å². The Hall–Kier alpha value is -4.12. The minimum Gasteiger partial charge on any atom is -0.449 e. The first kappa shape index (κ1) is 33.8. The molecule has 0 unspecified atom stereocenters. The Kier molecular flexibility index (Phi) is 10.4. The summed E-state index contributed by atoms with van der Waals surface area (Å²) in [6, 6.07) is 17.5. The highest BCUT2D eigenvalue weighted by atomic mass is 31.2. The summed E-state index contributed by atoms with van der Waals surface area (Å²) < 4.78 is 45.2. The molecule has 1 aliphatic rings. The molecule has 45 heavy (non-hydrogen) atoms. The maximum Gasteiger partial charge on any atom is 0.407 e. The fourth-order valence-electron chi connectivity index (χ4n) is 5.39. The molecule has 5 N–H and O–H groups in total. The van der Waals surface area contributed by atoms with E-state index in [4.69, 9.17) is 14.5 Å². The molecular weight excluding hydrogens is 607 g/mol. The van der Waals surface area contributed by atoms with Gasteiger partial charge in [-0.25, -0.2) is 4.79 Å². The van der Waals surface area contributed by atoms with Crippen molar-refractivity contribution >= 4 is 25.5 Å². The van der Waals surface area contributed by atoms with Crippen LogP contribution >= 0.6 is 7.60 Å². The summed E-state index contributed by atoms with van der Waals surface area (Å²) in [4.78, 5) is 57.1. The maximum atomic E-state index is 14.2. The van der Waals surface area contributed by atoms with E-state index in [0.717, 1.165) is 34.4 Å². The summed E-state index contributed by atoms with van der Waals surface area (Å²) in [5.74, 6) is -1.32. The van der Waals surface area contributed by atoms with Gasteiger partial charge in [-0.05, 0) is 40.2 Å². The minimum atomic E-state index is -5.77. The number of halogens is 2. The Morgan fingerprint density at radius 2 is 1.42 bits per heavy atom. The first-order valence-corrected chi connectivity index (χ1v) is 16.0. The van der Waals surface area contributed by atoms with Gasteiger partial charge in [0.1, 0.15) is 18.7 Å². The van der Waals surface area contributed by atoms with Crippen LogP contribution in [0, 0.1) is 5.92 Å². The van der Waals surface area contributed by atoms with E-state index >= 15 is 0 Å². The quantitative estimate of drug-likeness (QED) is 0.180. The number of ether oxygens (including phenoxy) is 1. The third kappa shape index (κ3) is 7.76. The zero-order chi connectivity index (χ0) is 32.9. The summed E-state index contributed by atoms with van der Waals surface area (Å²) in [6.07, 6.45) is -0.781. The molecule has 0 saturated heterocycles. The lowest BCUT2D eigenvalue weighted by molar-refractivity contribution is -0.130. The van der Waals surface area contributed by atoms with Gasteiger partial charge in [-0.15, -0.1) is 0 Å². The monoisotopic (exact) mass is 643 g/mol. The average molecular weight is 644 g/mol. The molecule has 240 valence electrons. The van der Waals surface area contributed by atoms with Gasteiger partial charge >= 0.3 is 19.4 Å². The van der Waals surface area contributed by atoms with Crippen molar-refractivity contribution in [3.63, 3.8) is 0 Å². The van der Waals surface area contributed by atoms with Gasteiger partial charge in [0.05, 0.1) is 0 Å². The van der Waals surface area contributed by atoms with Crippen LogP contribution in [-0.2, 0) is 31.0 Å². The highest BCUT2D eigenvalue weighted by Crippen LogP contribution is 2.59. The number of alkyl carbamates (subject to hydrolysis) is 1. The van der Waals surface area contributed by atoms with Crippen molar-refractivity contribution in [2.45, 2.75) is 50.4 Å². The van der Waals surface area contributed by atoms with E-state index in [9.17, 15) is 27.7 Å². The summed E-state index contributed by atoms with van der Waals surface area (Å²) >= 11 is 0. The highest BCUT2D eigenvalue weighted by molar-refractivity contribution is 7.52. The molecule has 0 spiro atoms. The summed E-state index contributed by atoms with van der Waals surface area (Å²) in [5, 5.41) is 7.71. The number of rotatable bonds is 12. The maximum absolute atomic E-state index is 14.2. The summed E-state index contributed by atoms with van der Waals surface area (Å²) in [7, 11) is -4.34. The van der Waals surface area contributed by atoms with Crippen molar-refractivity contribution in [2.24, 2.45) is 5.92 Å². The van der Waals surface area contributed by atoms with E-state index in [1.807, 2.05) is 62.4 Å². The standard InChI is InChI=1S/C32H36F2N3O7P/c1-19(2)16-27(29(38)35-3)36-30(39)28(17-20-12-14-21(15-13-20)32(33,34)45(41,42)43)37-31(40)44-18-26-24-10-6-4-8-22(24)23-9-5-7-11-25(23)26/h4-15,19,26-28H,16-18H2,1-3H3,(H,35,38)(H,36,39)(H,37,40)(H2,41,42,43)/t27-,28-/m0/s1. The SMILES string of the molecule is CNC(=O)[C@H](CC(C)C)NC(=O)[C@H](Cc1ccc(C(F)(F)P(=O)(O)O)cc1)NC(=O)OCC1c2ccccc2-c2ccccc21. The lowest BCUT2D eigenvalue weighted by atomic mass is 9.98. The van der Waals surface area contributed by atoms with Gasteiger partial charge in [0.25, 0.3) is 0 Å². The number of hydrogen-bond acceptors (Lipinski definition) is 5. The van der Waals surface area contributed by atoms with Crippen molar-refractivity contribution in [1.82, 2.24) is 16.0 Å². The molecule has 0 saturated carbocycles. The Labute approximate surface area is 259 Å². The van der Waals surface area contributed by atoms with E-state index in [1.165, 1.54) is 19.2 Å². The van der Waals surface area contributed by atoms with Crippen molar-refractivity contribution < 1.29 is 42.3 Å². The van der Waals surface area contributed by atoms with Crippen molar-refractivity contribution in [1.29, 1.82) is 0 Å². The molecule has 2 atom stereocenters. The van der Waals surface area contributed by atoms with E-state index in [-0.39, 0.29) is 24.9 Å². The van der Waals surface area contributed by atoms with E-state index in [0.29, 0.717) is 12.0 Å². The number of amides is 3. The molecule has 0 bridgehead atoms. The predicted molar refractivity (Wildman–Crippen MR) is 164 cm³/mol. The molecule has 4 rings (SSSR count). The van der Waals surface area contributed by atoms with Crippen LogP contribution < -0.4 is 16.0 Å². The molecule has 0 fully saturated rings. The summed E-state index contributed by atoms with van der Waals surface area (Å²) in [5.41, 5.74) is -0.930. The largest absolute Gasteiger partial charge is 0.449 e. The normalized spacial score (nSPS) is 14.2. The number of nitrogens with one attached hydrogen (secondary N) is 3. The number of fused-ring (bicyclic) bond motifs is 3. The summed E-state index contributed by atoms with van der Waals surface area (Å²) in [6.45, 7) is 3.74. The fourth-order valence-corrected chi connectivity index (χ4v) is 5.87. The van der Waals surface area contributed by atoms with Gasteiger partial charge < -0.3 is 30.5 Å². The van der Waals surface area contributed by atoms with Gasteiger partial charge in [-0.1, -0.05) is 86.6 Å². The van der Waals surface area contributed by atoms with Crippen molar-refractivity contribution in [3.05, 3.63) is 95.1 Å². The van der Waals surface area contributed by atoms with Gasteiger partial charge in [0.15, 0.2) is 0 Å². The molecule has 0 radical (unpaired) electrons. The van der Waals surface area contributed by atoms with Crippen molar-refractivity contribution in [3.8, 4) is 11.1 Å². The number of hydrogen-bond donors (Lipinski definition) is 5. The van der Waals surface area contributed by atoms with Crippen LogP contribution in [0.15, 0.2) is 72.8 Å². The van der Waals surface area contributed by atoms with Crippen LogP contribution in [-0.4, -0.2) is 53.4 Å². The number of alkyl halides is 2. The number of carbonyl (C=O) groups excluding carboxylic acids is 3. The minimum absolute atomic E-state index is 0.0193. The Bertz CT molecular complexity index is 1550. The third-order valence-electron chi connectivity index (χ3n) is 7.65. The Morgan fingerprint density at radius 3 is 1.93 bits per heavy atom. The average Bonchev–Trinajstić information content (AvgIpc) is 3.32. The number of likely N-dealkylation sites (N-methyl/N-ethyl adjacent to an activating group) is 1. The molecule has 3 aromatic carbocycles. The molecule has 3 aromatic rings. The molecule has 13 heteroatoms. The molecular formula is C32H36F2N3O7P. The molecule has 0 aliphatic heterocycles. The van der Waals surface area contributed by atoms with Crippen LogP contribution in [0.2, 0.25) is 0 Å². The molecule has 10 nitrogen and oxygen atoms in total. The Morgan fingerprint density at radius 1 is 0.867 bits per heavy atom. The predicted octanol–water partition coefficient (Wildman–Crippen LogP) is 4.64. The lowest BCUT2D eigenvalue weighted by Gasteiger charge is -2.24. The van der Waals surface area contributed by atoms with Crippen LogP contribution in [0.5, 0.6) is 0 Å². The topological polar surface area (TPSA) is 154 Å². The van der Waals surface area contributed by atoms with Gasteiger partial charge in [0.2, 0.25) is 11.8 Å². The molecule has 0 heterocycles. The van der Waals surface area contributed by atoms with Gasteiger partial charge in [0, 0.05) is 24.9 Å². The second-order valence-corrected chi connectivity index (χ2v) is 13.0. The third-order valence-corrected chi connectivity index (χ3v) is 8.64.